The van der Waals surface area contributed by atoms with Crippen molar-refractivity contribution in [2.45, 2.75) is 55.9 Å². The topological polar surface area (TPSA) is 53.2 Å². The SMILES string of the molecule is CCCCCC(=O)NC(NC(=S)Nc1ccccc1CC)C(Cl)(Cl)Cl. The highest BCUT2D eigenvalue weighted by molar-refractivity contribution is 7.80. The molecule has 0 spiro atoms. The number of amides is 1. The third-order valence-electron chi connectivity index (χ3n) is 3.56. The molecule has 4 nitrogen and oxygen atoms in total. The molecular formula is C17H24Cl3N3OS. The molecule has 1 atom stereocenters. The van der Waals surface area contributed by atoms with Crippen LogP contribution >= 0.6 is 47.0 Å². The Hall–Kier alpha value is -0.750. The number of anilines is 1. The van der Waals surface area contributed by atoms with E-state index in [-0.39, 0.29) is 11.0 Å². The van der Waals surface area contributed by atoms with Crippen LogP contribution in [0, 0.1) is 0 Å². The molecule has 0 aliphatic rings. The van der Waals surface area contributed by atoms with Gasteiger partial charge < -0.3 is 16.0 Å². The minimum Gasteiger partial charge on any atom is -0.339 e. The van der Waals surface area contributed by atoms with Crippen molar-refractivity contribution < 1.29 is 4.79 Å². The number of carbonyl (C=O) groups is 1. The average Bonchev–Trinajstić information content (AvgIpc) is 2.54. The Kier molecular flexibility index (Phi) is 9.87. The fraction of sp³-hybridized carbons (Fsp3) is 0.529. The van der Waals surface area contributed by atoms with Crippen LogP contribution in [0.25, 0.3) is 0 Å². The van der Waals surface area contributed by atoms with Gasteiger partial charge in [0.1, 0.15) is 6.17 Å². The molecule has 0 aromatic heterocycles. The van der Waals surface area contributed by atoms with Crippen molar-refractivity contribution in [1.29, 1.82) is 0 Å². The molecule has 1 rings (SSSR count). The zero-order valence-electron chi connectivity index (χ0n) is 14.4. The van der Waals surface area contributed by atoms with E-state index in [9.17, 15) is 4.79 Å². The van der Waals surface area contributed by atoms with Gasteiger partial charge in [0.05, 0.1) is 0 Å². The smallest absolute Gasteiger partial charge is 0.228 e. The minimum atomic E-state index is -1.74. The summed E-state index contributed by atoms with van der Waals surface area (Å²) in [5.41, 5.74) is 1.99. The van der Waals surface area contributed by atoms with Crippen LogP contribution in [0.2, 0.25) is 0 Å². The lowest BCUT2D eigenvalue weighted by atomic mass is 10.1. The van der Waals surface area contributed by atoms with E-state index in [2.05, 4.69) is 29.8 Å². The quantitative estimate of drug-likeness (QED) is 0.240. The molecule has 3 N–H and O–H groups in total. The van der Waals surface area contributed by atoms with E-state index in [0.717, 1.165) is 36.9 Å². The monoisotopic (exact) mass is 423 g/mol. The van der Waals surface area contributed by atoms with Gasteiger partial charge in [-0.05, 0) is 36.7 Å². The molecule has 140 valence electrons. The lowest BCUT2D eigenvalue weighted by molar-refractivity contribution is -0.122. The van der Waals surface area contributed by atoms with Crippen molar-refractivity contribution in [3.8, 4) is 0 Å². The molecule has 0 fully saturated rings. The average molecular weight is 425 g/mol. The van der Waals surface area contributed by atoms with Gasteiger partial charge in [-0.1, -0.05) is 79.7 Å². The number of unbranched alkanes of at least 4 members (excludes halogenated alkanes) is 2. The molecule has 0 saturated heterocycles. The highest BCUT2D eigenvalue weighted by atomic mass is 35.6. The lowest BCUT2D eigenvalue weighted by Crippen LogP contribution is -2.56. The van der Waals surface area contributed by atoms with Gasteiger partial charge in [0.2, 0.25) is 9.70 Å². The second-order valence-electron chi connectivity index (χ2n) is 5.61. The first-order valence-electron chi connectivity index (χ1n) is 8.29. The molecule has 1 aromatic carbocycles. The fourth-order valence-electron chi connectivity index (χ4n) is 2.21. The molecule has 1 unspecified atom stereocenters. The highest BCUT2D eigenvalue weighted by Gasteiger charge is 2.34. The Morgan fingerprint density at radius 1 is 1.16 bits per heavy atom. The Bertz CT molecular complexity index is 579. The number of aryl methyl sites for hydroxylation is 1. The van der Waals surface area contributed by atoms with Crippen molar-refractivity contribution >= 4 is 63.7 Å². The van der Waals surface area contributed by atoms with Crippen LogP contribution in [0.1, 0.15) is 45.1 Å². The van der Waals surface area contributed by atoms with Crippen LogP contribution in [0.5, 0.6) is 0 Å². The Labute approximate surface area is 170 Å². The van der Waals surface area contributed by atoms with Gasteiger partial charge in [-0.25, -0.2) is 0 Å². The number of hydrogen-bond donors (Lipinski definition) is 3. The normalized spacial score (nSPS) is 12.4. The van der Waals surface area contributed by atoms with Gasteiger partial charge in [-0.2, -0.15) is 0 Å². The predicted molar refractivity (Wildman–Crippen MR) is 112 cm³/mol. The van der Waals surface area contributed by atoms with E-state index >= 15 is 0 Å². The maximum atomic E-state index is 12.0. The number of para-hydroxylation sites is 1. The molecule has 0 aliphatic heterocycles. The molecule has 0 bridgehead atoms. The van der Waals surface area contributed by atoms with Crippen LogP contribution in [0.4, 0.5) is 5.69 Å². The van der Waals surface area contributed by atoms with Gasteiger partial charge in [0.15, 0.2) is 5.11 Å². The van der Waals surface area contributed by atoms with Crippen molar-refractivity contribution in [3.05, 3.63) is 29.8 Å². The largest absolute Gasteiger partial charge is 0.339 e. The number of carbonyl (C=O) groups excluding carboxylic acids is 1. The summed E-state index contributed by atoms with van der Waals surface area (Å²) in [5, 5.41) is 8.91. The number of alkyl halides is 3. The summed E-state index contributed by atoms with van der Waals surface area (Å²) in [6, 6.07) is 7.79. The van der Waals surface area contributed by atoms with Crippen molar-refractivity contribution in [3.63, 3.8) is 0 Å². The van der Waals surface area contributed by atoms with Crippen molar-refractivity contribution in [2.75, 3.05) is 5.32 Å². The molecule has 0 heterocycles. The summed E-state index contributed by atoms with van der Waals surface area (Å²) in [5.74, 6) is -0.186. The van der Waals surface area contributed by atoms with E-state index in [1.54, 1.807) is 0 Å². The Morgan fingerprint density at radius 2 is 1.84 bits per heavy atom. The van der Waals surface area contributed by atoms with Crippen LogP contribution in [-0.2, 0) is 11.2 Å². The van der Waals surface area contributed by atoms with Gasteiger partial charge in [0, 0.05) is 12.1 Å². The minimum absolute atomic E-state index is 0.186. The van der Waals surface area contributed by atoms with Crippen LogP contribution in [0.3, 0.4) is 0 Å². The number of thiocarbonyl (C=S) groups is 1. The molecule has 1 aromatic rings. The molecule has 8 heteroatoms. The molecule has 25 heavy (non-hydrogen) atoms. The first kappa shape index (κ1) is 22.3. The second kappa shape index (κ2) is 11.1. The van der Waals surface area contributed by atoms with Crippen LogP contribution in [0.15, 0.2) is 24.3 Å². The maximum absolute atomic E-state index is 12.0. The third-order valence-corrected chi connectivity index (χ3v) is 4.44. The number of hydrogen-bond acceptors (Lipinski definition) is 2. The third kappa shape index (κ3) is 8.45. The first-order valence-corrected chi connectivity index (χ1v) is 9.83. The van der Waals surface area contributed by atoms with E-state index in [0.29, 0.717) is 6.42 Å². The van der Waals surface area contributed by atoms with Gasteiger partial charge in [-0.3, -0.25) is 4.79 Å². The van der Waals surface area contributed by atoms with E-state index in [4.69, 9.17) is 47.0 Å². The summed E-state index contributed by atoms with van der Waals surface area (Å²) < 4.78 is -1.74. The summed E-state index contributed by atoms with van der Waals surface area (Å²) in [4.78, 5) is 12.0. The standard InChI is InChI=1S/C17H24Cl3N3OS/c1-3-5-6-11-14(24)22-15(17(18,19)20)23-16(25)21-13-10-8-7-9-12(13)4-2/h7-10,15H,3-6,11H2,1-2H3,(H,22,24)(H2,21,23,25). The summed E-state index contributed by atoms with van der Waals surface area (Å²) >= 11 is 23.2. The predicted octanol–water partition coefficient (Wildman–Crippen LogP) is 4.93. The highest BCUT2D eigenvalue weighted by Crippen LogP contribution is 2.29. The van der Waals surface area contributed by atoms with E-state index in [1.165, 1.54) is 0 Å². The van der Waals surface area contributed by atoms with Gasteiger partial charge in [-0.15, -0.1) is 0 Å². The van der Waals surface area contributed by atoms with Crippen molar-refractivity contribution in [1.82, 2.24) is 10.6 Å². The molecule has 0 aliphatic carbocycles. The van der Waals surface area contributed by atoms with Crippen LogP contribution < -0.4 is 16.0 Å². The number of halogens is 3. The zero-order valence-corrected chi connectivity index (χ0v) is 17.5. The molecule has 0 saturated carbocycles. The number of rotatable bonds is 8. The zero-order chi connectivity index (χ0) is 18.9. The van der Waals surface area contributed by atoms with Gasteiger partial charge in [0.25, 0.3) is 0 Å². The molecule has 1 amide bonds. The lowest BCUT2D eigenvalue weighted by Gasteiger charge is -2.28. The fourth-order valence-corrected chi connectivity index (χ4v) is 2.76. The number of nitrogens with one attached hydrogen (secondary N) is 3. The summed E-state index contributed by atoms with van der Waals surface area (Å²) in [6.07, 6.45) is 3.11. The second-order valence-corrected chi connectivity index (χ2v) is 8.39. The van der Waals surface area contributed by atoms with E-state index in [1.807, 2.05) is 24.3 Å². The van der Waals surface area contributed by atoms with Crippen LogP contribution in [-0.4, -0.2) is 21.0 Å². The molecular weight excluding hydrogens is 401 g/mol. The molecule has 0 radical (unpaired) electrons. The Balaban J connectivity index is 2.68. The van der Waals surface area contributed by atoms with Gasteiger partial charge >= 0.3 is 0 Å². The van der Waals surface area contributed by atoms with E-state index < -0.39 is 9.96 Å². The number of benzene rings is 1. The summed E-state index contributed by atoms with van der Waals surface area (Å²) in [7, 11) is 0. The first-order chi connectivity index (χ1) is 11.8. The summed E-state index contributed by atoms with van der Waals surface area (Å²) in [6.45, 7) is 4.12. The van der Waals surface area contributed by atoms with Crippen molar-refractivity contribution in [2.24, 2.45) is 0 Å². The Morgan fingerprint density at radius 3 is 2.44 bits per heavy atom. The maximum Gasteiger partial charge on any atom is 0.228 e.